The lowest BCUT2D eigenvalue weighted by atomic mass is 10.1. The molecule has 0 aromatic carbocycles. The van der Waals surface area contributed by atoms with Gasteiger partial charge >= 0.3 is 34.2 Å². The van der Waals surface area contributed by atoms with Gasteiger partial charge in [-0.2, -0.15) is 0 Å². The van der Waals surface area contributed by atoms with Gasteiger partial charge in [0.1, 0.15) is 0 Å². The van der Waals surface area contributed by atoms with Crippen LogP contribution in [0.1, 0.15) is 143 Å². The summed E-state index contributed by atoms with van der Waals surface area (Å²) in [6, 6.07) is 0. The van der Waals surface area contributed by atoms with Gasteiger partial charge < -0.3 is 20.6 Å². The van der Waals surface area contributed by atoms with Crippen LogP contribution in [0.3, 0.4) is 0 Å². The maximum Gasteiger partial charge on any atom is 0.314 e. The predicted molar refractivity (Wildman–Crippen MR) is 224 cm³/mol. The molecule has 2 unspecified atom stereocenters. The van der Waals surface area contributed by atoms with Crippen molar-refractivity contribution < 1.29 is 20.6 Å². The molecule has 2 atom stereocenters. The summed E-state index contributed by atoms with van der Waals surface area (Å²) in [5.41, 5.74) is 1.34. The van der Waals surface area contributed by atoms with Crippen molar-refractivity contribution >= 4 is 50.9 Å². The third-order valence-electron chi connectivity index (χ3n) is 9.76. The summed E-state index contributed by atoms with van der Waals surface area (Å²) in [6.07, 6.45) is 24.1. The largest absolute Gasteiger partial charge is 0.436 e. The van der Waals surface area contributed by atoms with E-state index < -0.39 is 50.9 Å². The van der Waals surface area contributed by atoms with E-state index in [1.165, 1.54) is 116 Å². The first-order valence-electron chi connectivity index (χ1n) is 20.1. The Balaban J connectivity index is 5.15. The molecule has 0 saturated carbocycles. The summed E-state index contributed by atoms with van der Waals surface area (Å²) in [6.45, 7) is 36.7. The minimum Gasteiger partial charge on any atom is -0.436 e. The van der Waals surface area contributed by atoms with E-state index in [2.05, 4.69) is 106 Å². The maximum atomic E-state index is 7.08. The first-order valence-corrected chi connectivity index (χ1v) is 37.3. The molecule has 0 aliphatic rings. The minimum absolute atomic E-state index is 0.669. The Bertz CT molecular complexity index is 743. The summed E-state index contributed by atoms with van der Waals surface area (Å²) in [5, 5.41) is 0. The van der Waals surface area contributed by atoms with Crippen LogP contribution >= 0.6 is 0 Å². The summed E-state index contributed by atoms with van der Waals surface area (Å²) in [7, 11) is -13.7. The van der Waals surface area contributed by atoms with Gasteiger partial charge in [0.05, 0.1) is 0 Å². The Labute approximate surface area is 303 Å². The van der Waals surface area contributed by atoms with Crippen LogP contribution in [0.25, 0.3) is 0 Å². The molecule has 0 heterocycles. The molecule has 0 aliphatic heterocycles. The zero-order chi connectivity index (χ0) is 36.4. The second-order valence-corrected chi connectivity index (χ2v) is 40.7. The zero-order valence-electron chi connectivity index (χ0n) is 34.9. The number of hydrogen-bond donors (Lipinski definition) is 0. The van der Waals surface area contributed by atoms with Crippen LogP contribution in [0.15, 0.2) is 0 Å². The van der Waals surface area contributed by atoms with Crippen LogP contribution in [0.4, 0.5) is 0 Å². The fourth-order valence-corrected chi connectivity index (χ4v) is 39.7. The molecule has 47 heavy (non-hydrogen) atoms. The molecule has 0 bridgehead atoms. The van der Waals surface area contributed by atoms with Crippen LogP contribution in [0.2, 0.25) is 89.6 Å². The van der Waals surface area contributed by atoms with Gasteiger partial charge in [0.15, 0.2) is 16.6 Å². The predicted octanol–water partition coefficient (Wildman–Crippen LogP) is 14.1. The van der Waals surface area contributed by atoms with E-state index in [4.69, 9.17) is 20.6 Å². The van der Waals surface area contributed by atoms with Crippen LogP contribution in [0, 0.1) is 0 Å². The Morgan fingerprint density at radius 2 is 0.553 bits per heavy atom. The molecule has 0 amide bonds. The van der Waals surface area contributed by atoms with Crippen molar-refractivity contribution in [3.8, 4) is 0 Å². The number of unbranched alkanes of at least 4 members (excludes halogenated alkanes) is 12. The molecule has 0 radical (unpaired) electrons. The monoisotopic (exact) mass is 767 g/mol. The molecule has 0 aromatic rings. The molecule has 0 fully saturated rings. The van der Waals surface area contributed by atoms with Gasteiger partial charge in [0, 0.05) is 0 Å². The van der Waals surface area contributed by atoms with E-state index in [0.717, 1.165) is 0 Å². The molecular weight excluding hydrogens is 681 g/mol. The van der Waals surface area contributed by atoms with E-state index in [1.807, 2.05) is 0 Å². The van der Waals surface area contributed by atoms with Crippen LogP contribution in [-0.4, -0.2) is 50.9 Å². The smallest absolute Gasteiger partial charge is 0.314 e. The summed E-state index contributed by atoms with van der Waals surface area (Å²) in [4.78, 5) is 0. The molecule has 0 aromatic heterocycles. The van der Waals surface area contributed by atoms with Crippen molar-refractivity contribution in [1.82, 2.24) is 0 Å². The molecule has 11 heteroatoms. The lowest BCUT2D eigenvalue weighted by Gasteiger charge is -2.45. The molecule has 0 rings (SSSR count). The van der Waals surface area contributed by atoms with Crippen molar-refractivity contribution in [1.29, 1.82) is 0 Å². The first kappa shape index (κ1) is 48.1. The molecule has 0 saturated heterocycles. The molecule has 5 nitrogen and oxygen atoms in total. The van der Waals surface area contributed by atoms with Gasteiger partial charge in [-0.3, -0.25) is 0 Å². The highest BCUT2D eigenvalue weighted by Gasteiger charge is 2.48. The molecular formula is C36H86O5Si6. The highest BCUT2D eigenvalue weighted by atomic mass is 28.5. The van der Waals surface area contributed by atoms with Crippen LogP contribution < -0.4 is 0 Å². The Morgan fingerprint density at radius 1 is 0.319 bits per heavy atom. The van der Waals surface area contributed by atoms with Gasteiger partial charge in [-0.1, -0.05) is 143 Å². The van der Waals surface area contributed by atoms with Gasteiger partial charge in [-0.25, -0.2) is 0 Å². The third-order valence-corrected chi connectivity index (χ3v) is 35.0. The van der Waals surface area contributed by atoms with E-state index in [1.54, 1.807) is 0 Å². The number of hydrogen-bond acceptors (Lipinski definition) is 5. The molecule has 0 aliphatic carbocycles. The highest BCUT2D eigenvalue weighted by molar-refractivity contribution is 6.91. The van der Waals surface area contributed by atoms with E-state index in [-0.39, 0.29) is 0 Å². The molecule has 0 N–H and O–H groups in total. The fourth-order valence-electron chi connectivity index (χ4n) is 8.08. The van der Waals surface area contributed by atoms with Gasteiger partial charge in [0.25, 0.3) is 0 Å². The SMILES string of the molecule is CCCCCCCCCC(CC)[Si](C)(C)O[Si](C)(C)O[Si](C)(C)O[Si](C)(C)O[Si](C)(C)O[Si](C)(C)C(CC)CCCCCCCCC. The topological polar surface area (TPSA) is 46.2 Å². The average Bonchev–Trinajstić information content (AvgIpc) is 2.88. The Hall–Kier alpha value is 1.10. The Morgan fingerprint density at radius 3 is 0.809 bits per heavy atom. The van der Waals surface area contributed by atoms with Crippen LogP contribution in [0.5, 0.6) is 0 Å². The molecule has 284 valence electrons. The van der Waals surface area contributed by atoms with Crippen molar-refractivity contribution in [2.24, 2.45) is 0 Å². The summed E-state index contributed by atoms with van der Waals surface area (Å²) in [5.74, 6) is 0. The van der Waals surface area contributed by atoms with Crippen LogP contribution in [-0.2, 0) is 20.6 Å². The van der Waals surface area contributed by atoms with Crippen molar-refractivity contribution in [3.63, 3.8) is 0 Å². The van der Waals surface area contributed by atoms with Crippen molar-refractivity contribution in [2.45, 2.75) is 233 Å². The normalized spacial score (nSPS) is 15.3. The molecule has 0 spiro atoms. The van der Waals surface area contributed by atoms with Gasteiger partial charge in [0.2, 0.25) is 0 Å². The zero-order valence-corrected chi connectivity index (χ0v) is 40.9. The first-order chi connectivity index (χ1) is 21.6. The Kier molecular flexibility index (Phi) is 23.4. The van der Waals surface area contributed by atoms with Crippen molar-refractivity contribution in [2.75, 3.05) is 0 Å². The third kappa shape index (κ3) is 22.6. The number of rotatable bonds is 30. The van der Waals surface area contributed by atoms with Gasteiger partial charge in [-0.05, 0) is 89.6 Å². The quantitative estimate of drug-likeness (QED) is 0.0538. The lowest BCUT2D eigenvalue weighted by molar-refractivity contribution is 0.278. The summed E-state index contributed by atoms with van der Waals surface area (Å²) >= 11 is 0. The lowest BCUT2D eigenvalue weighted by Crippen LogP contribution is -2.60. The minimum atomic E-state index is -2.51. The van der Waals surface area contributed by atoms with E-state index in [0.29, 0.717) is 11.1 Å². The van der Waals surface area contributed by atoms with Gasteiger partial charge in [-0.15, -0.1) is 0 Å². The fraction of sp³-hybridized carbons (Fsp3) is 1.00. The summed E-state index contributed by atoms with van der Waals surface area (Å²) < 4.78 is 34.9. The van der Waals surface area contributed by atoms with E-state index >= 15 is 0 Å². The van der Waals surface area contributed by atoms with Crippen molar-refractivity contribution in [3.05, 3.63) is 0 Å². The second kappa shape index (κ2) is 22.9. The van der Waals surface area contributed by atoms with E-state index in [9.17, 15) is 0 Å². The average molecular weight is 768 g/mol. The highest BCUT2D eigenvalue weighted by Crippen LogP contribution is 2.37. The second-order valence-electron chi connectivity index (χ2n) is 17.3. The standard InChI is InChI=1S/C36H86O5Si6/c1-17-21-23-25-27-29-31-33-35(19-3)42(5,6)37-44(9,10)39-46(13,14)41-47(15,16)40-45(11,12)38-43(7,8)36(20-4)34-32-30-28-26-24-22-18-2/h35-36H,17-34H2,1-16H3. The maximum absolute atomic E-state index is 7.08.